The summed E-state index contributed by atoms with van der Waals surface area (Å²) in [6.45, 7) is 0. The van der Waals surface area contributed by atoms with Gasteiger partial charge in [-0.3, -0.25) is 9.59 Å². The summed E-state index contributed by atoms with van der Waals surface area (Å²) in [6, 6.07) is 16.3. The second-order valence-electron chi connectivity index (χ2n) is 8.00. The molecule has 8 heteroatoms. The van der Waals surface area contributed by atoms with Gasteiger partial charge in [0.15, 0.2) is 0 Å². The molecule has 0 aliphatic heterocycles. The molecule has 0 bridgehead atoms. The molecule has 4 aromatic rings. The van der Waals surface area contributed by atoms with E-state index in [9.17, 15) is 9.59 Å². The number of benzene rings is 2. The summed E-state index contributed by atoms with van der Waals surface area (Å²) in [5.74, 6) is 0.408. The molecular weight excluding hydrogens is 440 g/mol. The molecule has 2 heterocycles. The third kappa shape index (κ3) is 4.40. The third-order valence-electron chi connectivity index (χ3n) is 5.81. The Morgan fingerprint density at radius 1 is 1.06 bits per heavy atom. The zero-order valence-corrected chi connectivity index (χ0v) is 18.5. The lowest BCUT2D eigenvalue weighted by Gasteiger charge is -2.10. The van der Waals surface area contributed by atoms with E-state index < -0.39 is 0 Å². The van der Waals surface area contributed by atoms with Crippen LogP contribution in [0.1, 0.15) is 28.3 Å². The average molecular weight is 461 g/mol. The predicted molar refractivity (Wildman–Crippen MR) is 128 cm³/mol. The van der Waals surface area contributed by atoms with Crippen LogP contribution in [0.3, 0.4) is 0 Å². The van der Waals surface area contributed by atoms with Gasteiger partial charge >= 0.3 is 0 Å². The molecule has 0 radical (unpaired) electrons. The van der Waals surface area contributed by atoms with E-state index in [1.165, 1.54) is 0 Å². The first-order chi connectivity index (χ1) is 16.0. The predicted octanol–water partition coefficient (Wildman–Crippen LogP) is 5.22. The van der Waals surface area contributed by atoms with Crippen molar-refractivity contribution in [3.8, 4) is 5.75 Å². The molecular formula is C25H21ClN4O3. The molecule has 2 aromatic carbocycles. The Morgan fingerprint density at radius 3 is 2.67 bits per heavy atom. The van der Waals surface area contributed by atoms with Crippen LogP contribution in [0.5, 0.6) is 5.75 Å². The number of hydrogen-bond acceptors (Lipinski definition) is 4. The van der Waals surface area contributed by atoms with Crippen LogP contribution in [0, 0.1) is 5.92 Å². The van der Waals surface area contributed by atoms with Crippen LogP contribution < -0.4 is 15.4 Å². The monoisotopic (exact) mass is 460 g/mol. The Bertz CT molecular complexity index is 1350. The van der Waals surface area contributed by atoms with Crippen molar-refractivity contribution in [1.29, 1.82) is 0 Å². The second kappa shape index (κ2) is 8.60. The number of aromatic amines is 1. The molecule has 2 amide bonds. The van der Waals surface area contributed by atoms with Crippen molar-refractivity contribution >= 4 is 45.8 Å². The van der Waals surface area contributed by atoms with Crippen molar-refractivity contribution in [1.82, 2.24) is 9.97 Å². The highest BCUT2D eigenvalue weighted by Gasteiger charge is 2.43. The summed E-state index contributed by atoms with van der Waals surface area (Å²) in [7, 11) is 1.63. The smallest absolute Gasteiger partial charge is 0.257 e. The summed E-state index contributed by atoms with van der Waals surface area (Å²) in [5, 5.41) is 6.91. The number of anilines is 2. The minimum Gasteiger partial charge on any atom is -0.497 e. The number of H-pyrrole nitrogens is 1. The lowest BCUT2D eigenvalue weighted by molar-refractivity contribution is -0.117. The highest BCUT2D eigenvalue weighted by molar-refractivity contribution is 6.34. The van der Waals surface area contributed by atoms with E-state index in [0.29, 0.717) is 16.4 Å². The summed E-state index contributed by atoms with van der Waals surface area (Å²) in [5.41, 5.74) is 3.20. The molecule has 1 aliphatic rings. The van der Waals surface area contributed by atoms with Gasteiger partial charge in [-0.15, -0.1) is 0 Å². The maximum absolute atomic E-state index is 12.8. The van der Waals surface area contributed by atoms with Crippen molar-refractivity contribution in [2.45, 2.75) is 12.3 Å². The Labute approximate surface area is 195 Å². The Hall–Kier alpha value is -3.84. The van der Waals surface area contributed by atoms with Gasteiger partial charge < -0.3 is 20.4 Å². The number of fused-ring (bicyclic) bond motifs is 1. The van der Waals surface area contributed by atoms with Gasteiger partial charge in [0.1, 0.15) is 11.4 Å². The first-order valence-corrected chi connectivity index (χ1v) is 10.9. The number of carbonyl (C=O) groups is 2. The van der Waals surface area contributed by atoms with Gasteiger partial charge in [-0.2, -0.15) is 0 Å². The topological polar surface area (TPSA) is 96.1 Å². The second-order valence-corrected chi connectivity index (χ2v) is 8.41. The third-order valence-corrected chi connectivity index (χ3v) is 6.14. The number of hydrogen-bond donors (Lipinski definition) is 3. The maximum atomic E-state index is 12.8. The van der Waals surface area contributed by atoms with Crippen LogP contribution in [0.15, 0.2) is 67.0 Å². The molecule has 0 spiro atoms. The lowest BCUT2D eigenvalue weighted by atomic mass is 10.1. The number of methoxy groups -OCH3 is 1. The minimum atomic E-state index is -0.379. The molecule has 0 unspecified atom stereocenters. The summed E-state index contributed by atoms with van der Waals surface area (Å²) < 4.78 is 5.19. The van der Waals surface area contributed by atoms with Crippen LogP contribution in [-0.4, -0.2) is 28.9 Å². The molecule has 5 rings (SSSR count). The van der Waals surface area contributed by atoms with Crippen LogP contribution in [0.4, 0.5) is 11.4 Å². The van der Waals surface area contributed by atoms with Crippen molar-refractivity contribution in [3.63, 3.8) is 0 Å². The molecule has 1 saturated carbocycles. The van der Waals surface area contributed by atoms with Gasteiger partial charge in [-0.05, 0) is 60.4 Å². The number of carbonyl (C=O) groups excluding carboxylic acids is 2. The molecule has 33 heavy (non-hydrogen) atoms. The van der Waals surface area contributed by atoms with E-state index in [4.69, 9.17) is 16.3 Å². The van der Waals surface area contributed by atoms with Gasteiger partial charge in [-0.1, -0.05) is 23.7 Å². The fourth-order valence-corrected chi connectivity index (χ4v) is 4.13. The van der Waals surface area contributed by atoms with Crippen LogP contribution in [0.2, 0.25) is 5.02 Å². The highest BCUT2D eigenvalue weighted by atomic mass is 35.5. The Morgan fingerprint density at radius 2 is 1.88 bits per heavy atom. The van der Waals surface area contributed by atoms with E-state index in [2.05, 4.69) is 20.6 Å². The molecule has 7 nitrogen and oxygen atoms in total. The van der Waals surface area contributed by atoms with Gasteiger partial charge in [0.2, 0.25) is 5.91 Å². The molecule has 1 fully saturated rings. The molecule has 166 valence electrons. The number of aromatic nitrogens is 2. The summed E-state index contributed by atoms with van der Waals surface area (Å²) in [6.07, 6.45) is 4.14. The number of rotatable bonds is 6. The van der Waals surface area contributed by atoms with E-state index in [1.807, 2.05) is 36.4 Å². The fraction of sp³-hybridized carbons (Fsp3) is 0.160. The van der Waals surface area contributed by atoms with Crippen molar-refractivity contribution in [2.75, 3.05) is 17.7 Å². The van der Waals surface area contributed by atoms with Crippen LogP contribution >= 0.6 is 11.6 Å². The first kappa shape index (κ1) is 21.0. The number of ether oxygens (including phenoxy) is 1. The zero-order valence-electron chi connectivity index (χ0n) is 17.8. The largest absolute Gasteiger partial charge is 0.497 e. The average Bonchev–Trinajstić information content (AvgIpc) is 3.50. The zero-order chi connectivity index (χ0) is 22.9. The minimum absolute atomic E-state index is 0.0772. The number of pyridine rings is 1. The highest BCUT2D eigenvalue weighted by Crippen LogP contribution is 2.48. The van der Waals surface area contributed by atoms with Gasteiger partial charge in [0.25, 0.3) is 5.91 Å². The van der Waals surface area contributed by atoms with Crippen molar-refractivity contribution < 1.29 is 14.3 Å². The number of nitrogens with one attached hydrogen (secondary N) is 3. The standard InChI is InChI=1S/C25H21ClN4O3/c1-33-18-5-2-14(3-6-18)19-12-20(19)24(31)29-16-4-7-22(26)21(11-16)25(32)30-17-10-15-8-9-27-23(15)28-13-17/h2-11,13,19-20H,12H2,1H3,(H,27,28)(H,29,31)(H,30,32)/t19-,20+/m1/s1. The summed E-state index contributed by atoms with van der Waals surface area (Å²) in [4.78, 5) is 32.9. The molecule has 1 aliphatic carbocycles. The number of halogens is 1. The van der Waals surface area contributed by atoms with E-state index in [-0.39, 0.29) is 29.2 Å². The normalized spacial score (nSPS) is 16.9. The van der Waals surface area contributed by atoms with Gasteiger partial charge in [-0.25, -0.2) is 4.98 Å². The molecule has 3 N–H and O–H groups in total. The molecule has 2 atom stereocenters. The van der Waals surface area contributed by atoms with Gasteiger partial charge in [0.05, 0.1) is 29.6 Å². The van der Waals surface area contributed by atoms with Crippen molar-refractivity contribution in [2.24, 2.45) is 5.92 Å². The number of amides is 2. The van der Waals surface area contributed by atoms with Crippen molar-refractivity contribution in [3.05, 3.63) is 83.1 Å². The van der Waals surface area contributed by atoms with Crippen LogP contribution in [-0.2, 0) is 4.79 Å². The quantitative estimate of drug-likeness (QED) is 0.367. The van der Waals surface area contributed by atoms with E-state index in [0.717, 1.165) is 28.8 Å². The lowest BCUT2D eigenvalue weighted by Crippen LogP contribution is -2.16. The van der Waals surface area contributed by atoms with Gasteiger partial charge in [0, 0.05) is 23.2 Å². The van der Waals surface area contributed by atoms with E-state index >= 15 is 0 Å². The molecule has 2 aromatic heterocycles. The summed E-state index contributed by atoms with van der Waals surface area (Å²) >= 11 is 6.27. The Kier molecular flexibility index (Phi) is 5.48. The fourth-order valence-electron chi connectivity index (χ4n) is 3.92. The van der Waals surface area contributed by atoms with Crippen LogP contribution in [0.25, 0.3) is 11.0 Å². The first-order valence-electron chi connectivity index (χ1n) is 10.5. The van der Waals surface area contributed by atoms with E-state index in [1.54, 1.807) is 37.7 Å². The maximum Gasteiger partial charge on any atom is 0.257 e. The Balaban J connectivity index is 1.26. The SMILES string of the molecule is COc1ccc([C@H]2C[C@@H]2C(=O)Nc2ccc(Cl)c(C(=O)Nc3cnc4[nH]ccc4c3)c2)cc1. The number of nitrogens with zero attached hydrogens (tertiary/aromatic N) is 1. The molecule has 0 saturated heterocycles.